The molecule has 1 aromatic carbocycles. The van der Waals surface area contributed by atoms with Crippen LogP contribution in [0.3, 0.4) is 0 Å². The smallest absolute Gasteiger partial charge is 0.335 e. The number of carbonyl (C=O) groups excluding carboxylic acids is 1. The van der Waals surface area contributed by atoms with Crippen LogP contribution in [0.5, 0.6) is 0 Å². The predicted octanol–water partition coefficient (Wildman–Crippen LogP) is 3.77. The molecule has 0 fully saturated rings. The van der Waals surface area contributed by atoms with E-state index >= 15 is 0 Å². The second-order valence-electron chi connectivity index (χ2n) is 6.71. The molecule has 0 aliphatic rings. The van der Waals surface area contributed by atoms with Gasteiger partial charge in [0, 0.05) is 36.9 Å². The lowest BCUT2D eigenvalue weighted by molar-refractivity contribution is -0.156. The van der Waals surface area contributed by atoms with Crippen molar-refractivity contribution < 1.29 is 19.0 Å². The molecule has 2 aromatic rings. The van der Waals surface area contributed by atoms with Crippen molar-refractivity contribution in [2.45, 2.75) is 46.1 Å². The van der Waals surface area contributed by atoms with Gasteiger partial charge < -0.3 is 14.2 Å². The average Bonchev–Trinajstić information content (AvgIpc) is 2.77. The Kier molecular flexibility index (Phi) is 10.6. The SMILES string of the molecule is CCOC(=O)C(Cc1ccc(C#CCOCCc2ccc(CC)cn2)cc1)OCC. The van der Waals surface area contributed by atoms with E-state index in [0.29, 0.717) is 32.8 Å². The highest BCUT2D eigenvalue weighted by Gasteiger charge is 2.20. The summed E-state index contributed by atoms with van der Waals surface area (Å²) in [4.78, 5) is 16.4. The lowest BCUT2D eigenvalue weighted by Crippen LogP contribution is -2.28. The highest BCUT2D eigenvalue weighted by atomic mass is 16.6. The molecule has 0 bridgehead atoms. The Bertz CT molecular complexity index is 819. The molecule has 0 N–H and O–H groups in total. The van der Waals surface area contributed by atoms with Crippen molar-refractivity contribution in [3.63, 3.8) is 0 Å². The molecule has 1 heterocycles. The van der Waals surface area contributed by atoms with Crippen LogP contribution < -0.4 is 0 Å². The van der Waals surface area contributed by atoms with E-state index in [-0.39, 0.29) is 5.97 Å². The molecular formula is C25H31NO4. The van der Waals surface area contributed by atoms with E-state index in [2.05, 4.69) is 29.8 Å². The van der Waals surface area contributed by atoms with Crippen LogP contribution in [-0.4, -0.2) is 43.5 Å². The number of ether oxygens (including phenoxy) is 3. The van der Waals surface area contributed by atoms with Crippen molar-refractivity contribution in [3.05, 3.63) is 65.0 Å². The fraction of sp³-hybridized carbons (Fsp3) is 0.440. The van der Waals surface area contributed by atoms with E-state index < -0.39 is 6.10 Å². The van der Waals surface area contributed by atoms with Crippen molar-refractivity contribution in [2.75, 3.05) is 26.4 Å². The fourth-order valence-electron chi connectivity index (χ4n) is 2.84. The van der Waals surface area contributed by atoms with Crippen molar-refractivity contribution in [1.82, 2.24) is 4.98 Å². The topological polar surface area (TPSA) is 57.7 Å². The molecule has 1 atom stereocenters. The van der Waals surface area contributed by atoms with Gasteiger partial charge in [0.1, 0.15) is 6.61 Å². The van der Waals surface area contributed by atoms with Crippen LogP contribution in [0.1, 0.15) is 43.2 Å². The second kappa shape index (κ2) is 13.5. The van der Waals surface area contributed by atoms with Gasteiger partial charge in [-0.25, -0.2) is 4.79 Å². The maximum atomic E-state index is 12.0. The third-order valence-electron chi connectivity index (χ3n) is 4.50. The zero-order valence-corrected chi connectivity index (χ0v) is 18.1. The molecular weight excluding hydrogens is 378 g/mol. The summed E-state index contributed by atoms with van der Waals surface area (Å²) >= 11 is 0. The average molecular weight is 410 g/mol. The van der Waals surface area contributed by atoms with Crippen molar-refractivity contribution in [2.24, 2.45) is 0 Å². The first-order chi connectivity index (χ1) is 14.7. The number of aryl methyl sites for hydroxylation is 1. The second-order valence-corrected chi connectivity index (χ2v) is 6.71. The van der Waals surface area contributed by atoms with Crippen LogP contribution in [-0.2, 0) is 38.3 Å². The number of aromatic nitrogens is 1. The van der Waals surface area contributed by atoms with E-state index in [1.54, 1.807) is 6.92 Å². The third-order valence-corrected chi connectivity index (χ3v) is 4.50. The van der Waals surface area contributed by atoms with E-state index in [0.717, 1.165) is 29.7 Å². The van der Waals surface area contributed by atoms with Crippen molar-refractivity contribution in [3.8, 4) is 11.8 Å². The van der Waals surface area contributed by atoms with Gasteiger partial charge in [0.25, 0.3) is 0 Å². The van der Waals surface area contributed by atoms with Crippen LogP contribution in [0.25, 0.3) is 0 Å². The number of esters is 1. The number of benzene rings is 1. The standard InChI is InChI=1S/C25H31NO4/c1-4-20-13-14-23(26-19-20)15-17-28-16-7-8-21-9-11-22(12-10-21)18-24(29-5-2)25(27)30-6-3/h9-14,19,24H,4-6,15-18H2,1-3H3. The molecule has 5 nitrogen and oxygen atoms in total. The maximum absolute atomic E-state index is 12.0. The van der Waals surface area contributed by atoms with E-state index in [1.807, 2.05) is 43.5 Å². The summed E-state index contributed by atoms with van der Waals surface area (Å²) in [7, 11) is 0. The Labute approximate surface area is 179 Å². The quantitative estimate of drug-likeness (QED) is 0.321. The van der Waals surface area contributed by atoms with E-state index in [4.69, 9.17) is 14.2 Å². The number of hydrogen-bond donors (Lipinski definition) is 0. The van der Waals surface area contributed by atoms with Crippen molar-refractivity contribution in [1.29, 1.82) is 0 Å². The molecule has 1 aromatic heterocycles. The maximum Gasteiger partial charge on any atom is 0.335 e. The molecule has 0 radical (unpaired) electrons. The van der Waals surface area contributed by atoms with Gasteiger partial charge in [-0.2, -0.15) is 0 Å². The minimum absolute atomic E-state index is 0.322. The Morgan fingerprint density at radius 2 is 1.80 bits per heavy atom. The van der Waals surface area contributed by atoms with Gasteiger partial charge in [0.2, 0.25) is 0 Å². The van der Waals surface area contributed by atoms with Crippen LogP contribution in [0.15, 0.2) is 42.6 Å². The molecule has 1 unspecified atom stereocenters. The molecule has 30 heavy (non-hydrogen) atoms. The Morgan fingerprint density at radius 1 is 1.03 bits per heavy atom. The number of rotatable bonds is 11. The van der Waals surface area contributed by atoms with Gasteiger partial charge in [-0.05, 0) is 49.6 Å². The number of hydrogen-bond acceptors (Lipinski definition) is 5. The lowest BCUT2D eigenvalue weighted by Gasteiger charge is -2.15. The van der Waals surface area contributed by atoms with Gasteiger partial charge in [0.15, 0.2) is 6.10 Å². The molecule has 2 rings (SSSR count). The molecule has 5 heteroatoms. The summed E-state index contributed by atoms with van der Waals surface area (Å²) in [6.45, 7) is 7.56. The molecule has 0 aliphatic carbocycles. The first kappa shape index (κ1) is 23.6. The van der Waals surface area contributed by atoms with Crippen LogP contribution >= 0.6 is 0 Å². The molecule has 0 spiro atoms. The fourth-order valence-corrected chi connectivity index (χ4v) is 2.84. The van der Waals surface area contributed by atoms with Gasteiger partial charge in [0.05, 0.1) is 13.2 Å². The zero-order valence-electron chi connectivity index (χ0n) is 18.1. The first-order valence-electron chi connectivity index (χ1n) is 10.5. The monoisotopic (exact) mass is 409 g/mol. The van der Waals surface area contributed by atoms with Gasteiger partial charge in [-0.3, -0.25) is 4.98 Å². The van der Waals surface area contributed by atoms with Crippen molar-refractivity contribution >= 4 is 5.97 Å². The summed E-state index contributed by atoms with van der Waals surface area (Å²) in [5.74, 6) is 5.80. The normalized spacial score (nSPS) is 11.4. The van der Waals surface area contributed by atoms with E-state index in [1.165, 1.54) is 5.56 Å². The van der Waals surface area contributed by atoms with Gasteiger partial charge >= 0.3 is 5.97 Å². The van der Waals surface area contributed by atoms with Gasteiger partial charge in [-0.15, -0.1) is 0 Å². The number of pyridine rings is 1. The molecule has 0 aliphatic heterocycles. The van der Waals surface area contributed by atoms with Crippen LogP contribution in [0.4, 0.5) is 0 Å². The summed E-state index contributed by atoms with van der Waals surface area (Å²) in [6, 6.07) is 12.0. The summed E-state index contributed by atoms with van der Waals surface area (Å²) in [5, 5.41) is 0. The predicted molar refractivity (Wildman–Crippen MR) is 117 cm³/mol. The Hall–Kier alpha value is -2.68. The summed E-state index contributed by atoms with van der Waals surface area (Å²) < 4.78 is 16.2. The number of nitrogens with zero attached hydrogens (tertiary/aromatic N) is 1. The highest BCUT2D eigenvalue weighted by Crippen LogP contribution is 2.10. The zero-order chi connectivity index (χ0) is 21.6. The molecule has 0 amide bonds. The Morgan fingerprint density at radius 3 is 2.43 bits per heavy atom. The number of carbonyl (C=O) groups is 1. The Balaban J connectivity index is 1.75. The lowest BCUT2D eigenvalue weighted by atomic mass is 10.1. The molecule has 160 valence electrons. The highest BCUT2D eigenvalue weighted by molar-refractivity contribution is 5.75. The minimum Gasteiger partial charge on any atom is -0.464 e. The van der Waals surface area contributed by atoms with Crippen LogP contribution in [0, 0.1) is 11.8 Å². The van der Waals surface area contributed by atoms with Gasteiger partial charge in [-0.1, -0.05) is 37.0 Å². The third kappa shape index (κ3) is 8.36. The minimum atomic E-state index is -0.576. The van der Waals surface area contributed by atoms with Crippen LogP contribution in [0.2, 0.25) is 0 Å². The molecule has 0 saturated carbocycles. The largest absolute Gasteiger partial charge is 0.464 e. The molecule has 0 saturated heterocycles. The summed E-state index contributed by atoms with van der Waals surface area (Å²) in [5.41, 5.74) is 4.18. The summed E-state index contributed by atoms with van der Waals surface area (Å²) in [6.07, 6.45) is 3.60. The first-order valence-corrected chi connectivity index (χ1v) is 10.5. The van der Waals surface area contributed by atoms with E-state index in [9.17, 15) is 4.79 Å².